The van der Waals surface area contributed by atoms with Crippen LogP contribution in [0.3, 0.4) is 0 Å². The number of rotatable bonds is 4. The van der Waals surface area contributed by atoms with Crippen molar-refractivity contribution in [2.24, 2.45) is 5.92 Å². The number of pyridine rings is 1. The van der Waals surface area contributed by atoms with Crippen LogP contribution in [0.1, 0.15) is 24.4 Å². The quantitative estimate of drug-likeness (QED) is 0.771. The number of hydrogen-bond donors (Lipinski definition) is 0. The molecule has 4 nitrogen and oxygen atoms in total. The fraction of sp³-hybridized carbons (Fsp3) is 0.545. The molecular weight excluding hydrogens is 270 g/mol. The summed E-state index contributed by atoms with van der Waals surface area (Å²) in [6.45, 7) is 0. The van der Waals surface area contributed by atoms with Crippen LogP contribution in [0.15, 0.2) is 12.4 Å². The Morgan fingerprint density at radius 2 is 2.11 bits per heavy atom. The van der Waals surface area contributed by atoms with Crippen molar-refractivity contribution in [1.82, 2.24) is 9.29 Å². The normalized spacial score (nSPS) is 18.0. The summed E-state index contributed by atoms with van der Waals surface area (Å²) in [6, 6.07) is -0.275. The molecule has 1 aromatic heterocycles. The topological polar surface area (TPSA) is 50.3 Å². The molecule has 1 atom stereocenters. The minimum Gasteiger partial charge on any atom is -0.265 e. The van der Waals surface area contributed by atoms with E-state index >= 15 is 0 Å². The Hall–Kier alpha value is -0.585. The van der Waals surface area contributed by atoms with Crippen molar-refractivity contribution in [2.45, 2.75) is 18.9 Å². The maximum Gasteiger partial charge on any atom is 0.211 e. The van der Waals surface area contributed by atoms with Crippen LogP contribution in [-0.4, -0.2) is 38.9 Å². The second-order valence-electron chi connectivity index (χ2n) is 4.69. The van der Waals surface area contributed by atoms with E-state index in [-0.39, 0.29) is 6.04 Å². The Morgan fingerprint density at radius 3 is 2.61 bits per heavy atom. The van der Waals surface area contributed by atoms with Gasteiger partial charge < -0.3 is 0 Å². The molecule has 1 aliphatic carbocycles. The summed E-state index contributed by atoms with van der Waals surface area (Å²) in [5, 5.41) is 0.400. The Bertz CT molecular complexity index is 560. The first-order chi connectivity index (χ1) is 8.32. The van der Waals surface area contributed by atoms with Crippen LogP contribution in [-0.2, 0) is 10.0 Å². The molecule has 0 saturated heterocycles. The molecule has 7 heteroatoms. The van der Waals surface area contributed by atoms with Gasteiger partial charge in [-0.15, -0.1) is 0 Å². The van der Waals surface area contributed by atoms with E-state index in [0.717, 1.165) is 12.8 Å². The summed E-state index contributed by atoms with van der Waals surface area (Å²) in [5.41, 5.74) is 1.06. The lowest BCUT2D eigenvalue weighted by atomic mass is 9.93. The molecule has 1 fully saturated rings. The second kappa shape index (κ2) is 4.83. The molecule has 0 aromatic carbocycles. The van der Waals surface area contributed by atoms with Crippen LogP contribution in [0.2, 0.25) is 5.02 Å². The van der Waals surface area contributed by atoms with Gasteiger partial charge in [0.25, 0.3) is 0 Å². The molecule has 0 bridgehead atoms. The SMILES string of the molecule is [B]c1cncc(C(C2CC2)N(C)S(C)(=O)=O)c1Cl. The maximum atomic E-state index is 11.7. The third kappa shape index (κ3) is 2.70. The van der Waals surface area contributed by atoms with Gasteiger partial charge in [-0.2, -0.15) is 4.31 Å². The fourth-order valence-electron chi connectivity index (χ4n) is 2.05. The monoisotopic (exact) mass is 284 g/mol. The molecule has 0 aliphatic heterocycles. The van der Waals surface area contributed by atoms with Gasteiger partial charge in [-0.1, -0.05) is 17.1 Å². The van der Waals surface area contributed by atoms with E-state index in [2.05, 4.69) is 4.98 Å². The van der Waals surface area contributed by atoms with Crippen molar-refractivity contribution in [1.29, 1.82) is 0 Å². The van der Waals surface area contributed by atoms with E-state index in [9.17, 15) is 8.42 Å². The highest BCUT2D eigenvalue weighted by Crippen LogP contribution is 2.46. The lowest BCUT2D eigenvalue weighted by Gasteiger charge is -2.27. The van der Waals surface area contributed by atoms with Crippen LogP contribution in [0.25, 0.3) is 0 Å². The highest BCUT2D eigenvalue weighted by molar-refractivity contribution is 7.88. The van der Waals surface area contributed by atoms with Crippen LogP contribution in [0.5, 0.6) is 0 Å². The predicted octanol–water partition coefficient (Wildman–Crippen LogP) is 0.871. The first-order valence-electron chi connectivity index (χ1n) is 5.64. The molecule has 0 spiro atoms. The molecule has 1 aliphatic rings. The average Bonchev–Trinajstić information content (AvgIpc) is 3.07. The lowest BCUT2D eigenvalue weighted by molar-refractivity contribution is 0.344. The molecule has 18 heavy (non-hydrogen) atoms. The number of aromatic nitrogens is 1. The number of sulfonamides is 1. The Balaban J connectivity index is 2.45. The van der Waals surface area contributed by atoms with Crippen molar-refractivity contribution in [3.63, 3.8) is 0 Å². The Labute approximate surface area is 114 Å². The molecule has 0 N–H and O–H groups in total. The van der Waals surface area contributed by atoms with Gasteiger partial charge in [0, 0.05) is 30.0 Å². The van der Waals surface area contributed by atoms with Gasteiger partial charge >= 0.3 is 0 Å². The van der Waals surface area contributed by atoms with Crippen molar-refractivity contribution in [3.05, 3.63) is 23.0 Å². The van der Waals surface area contributed by atoms with Crippen molar-refractivity contribution >= 4 is 34.9 Å². The van der Waals surface area contributed by atoms with E-state index in [1.54, 1.807) is 13.2 Å². The van der Waals surface area contributed by atoms with Gasteiger partial charge in [0.05, 0.1) is 12.3 Å². The Morgan fingerprint density at radius 1 is 1.50 bits per heavy atom. The smallest absolute Gasteiger partial charge is 0.211 e. The van der Waals surface area contributed by atoms with Crippen LogP contribution >= 0.6 is 11.6 Å². The highest BCUT2D eigenvalue weighted by Gasteiger charge is 2.39. The summed E-state index contributed by atoms with van der Waals surface area (Å²) < 4.78 is 24.8. The Kier molecular flexibility index (Phi) is 3.71. The minimum atomic E-state index is -3.28. The summed E-state index contributed by atoms with van der Waals surface area (Å²) in [6.07, 6.45) is 6.25. The van der Waals surface area contributed by atoms with E-state index < -0.39 is 10.0 Å². The first kappa shape index (κ1) is 13.8. The van der Waals surface area contributed by atoms with E-state index in [1.807, 2.05) is 0 Å². The zero-order valence-corrected chi connectivity index (χ0v) is 11.9. The predicted molar refractivity (Wildman–Crippen MR) is 72.7 cm³/mol. The van der Waals surface area contributed by atoms with Gasteiger partial charge in [-0.05, 0) is 18.8 Å². The lowest BCUT2D eigenvalue weighted by Crippen LogP contribution is -2.32. The molecule has 1 aromatic rings. The fourth-order valence-corrected chi connectivity index (χ4v) is 2.96. The summed E-state index contributed by atoms with van der Waals surface area (Å²) >= 11 is 6.17. The maximum absolute atomic E-state index is 11.7. The molecule has 2 radical (unpaired) electrons. The molecule has 0 amide bonds. The second-order valence-corrected chi connectivity index (χ2v) is 7.11. The van der Waals surface area contributed by atoms with Gasteiger partial charge in [-0.3, -0.25) is 4.98 Å². The van der Waals surface area contributed by atoms with Crippen molar-refractivity contribution < 1.29 is 8.42 Å². The third-order valence-corrected chi connectivity index (χ3v) is 4.95. The molecule has 96 valence electrons. The minimum absolute atomic E-state index is 0.275. The average molecular weight is 285 g/mol. The van der Waals surface area contributed by atoms with Crippen LogP contribution < -0.4 is 5.46 Å². The largest absolute Gasteiger partial charge is 0.265 e. The zero-order valence-electron chi connectivity index (χ0n) is 10.3. The van der Waals surface area contributed by atoms with E-state index in [0.29, 0.717) is 22.0 Å². The third-order valence-electron chi connectivity index (χ3n) is 3.24. The van der Waals surface area contributed by atoms with Crippen LogP contribution in [0.4, 0.5) is 0 Å². The zero-order chi connectivity index (χ0) is 13.5. The van der Waals surface area contributed by atoms with Crippen LogP contribution in [0, 0.1) is 5.92 Å². The van der Waals surface area contributed by atoms with E-state index in [1.165, 1.54) is 16.8 Å². The van der Waals surface area contributed by atoms with E-state index in [4.69, 9.17) is 19.4 Å². The molecular formula is C11H14BClN2O2S. The number of halogens is 1. The summed E-state index contributed by atoms with van der Waals surface area (Å²) in [7, 11) is 4.01. The standard InChI is InChI=1S/C11H14BClN2O2S/c1-15(18(2,16)17)11(7-3-4-7)8-5-14-6-9(12)10(8)13/h5-7,11H,3-4H2,1-2H3. The van der Waals surface area contributed by atoms with Gasteiger partial charge in [-0.25, -0.2) is 8.42 Å². The summed E-state index contributed by atoms with van der Waals surface area (Å²) in [5.74, 6) is 0.297. The van der Waals surface area contributed by atoms with Crippen molar-refractivity contribution in [3.8, 4) is 0 Å². The molecule has 2 rings (SSSR count). The molecule has 1 saturated carbocycles. The first-order valence-corrected chi connectivity index (χ1v) is 7.87. The number of nitrogens with zero attached hydrogens (tertiary/aromatic N) is 2. The van der Waals surface area contributed by atoms with Crippen molar-refractivity contribution in [2.75, 3.05) is 13.3 Å². The number of hydrogen-bond acceptors (Lipinski definition) is 3. The van der Waals surface area contributed by atoms with Gasteiger partial charge in [0.2, 0.25) is 10.0 Å². The molecule has 1 heterocycles. The van der Waals surface area contributed by atoms with Gasteiger partial charge in [0.1, 0.15) is 7.85 Å². The highest BCUT2D eigenvalue weighted by atomic mass is 35.5. The summed E-state index contributed by atoms with van der Waals surface area (Å²) in [4.78, 5) is 4.01. The molecule has 1 unspecified atom stereocenters. The van der Waals surface area contributed by atoms with Gasteiger partial charge in [0.15, 0.2) is 0 Å².